The van der Waals surface area contributed by atoms with Crippen LogP contribution in [-0.4, -0.2) is 34.2 Å². The maximum absolute atomic E-state index is 11.8. The molecular weight excluding hydrogens is 293 g/mol. The van der Waals surface area contributed by atoms with Crippen LogP contribution in [0.3, 0.4) is 0 Å². The second kappa shape index (κ2) is 6.98. The Balaban J connectivity index is 2.21. The van der Waals surface area contributed by atoms with Crippen molar-refractivity contribution < 1.29 is 17.4 Å². The van der Waals surface area contributed by atoms with Gasteiger partial charge in [-0.3, -0.25) is 9.61 Å². The van der Waals surface area contributed by atoms with Gasteiger partial charge in [0.2, 0.25) is 5.95 Å². The number of nitrogens with zero attached hydrogens (tertiary/aromatic N) is 3. The lowest BCUT2D eigenvalue weighted by molar-refractivity contribution is -0.138. The van der Waals surface area contributed by atoms with Gasteiger partial charge in [0.05, 0.1) is 30.4 Å². The number of aromatic nitrogens is 2. The number of hydrogen-bond donors (Lipinski definition) is 1. The zero-order chi connectivity index (χ0) is 13.6. The minimum absolute atomic E-state index is 0.258. The molecule has 0 spiro atoms. The van der Waals surface area contributed by atoms with Gasteiger partial charge in [-0.15, -0.1) is 4.41 Å². The Labute approximate surface area is 111 Å². The fraction of sp³-hybridized carbons (Fsp3) is 0.500. The maximum atomic E-state index is 11.8. The van der Waals surface area contributed by atoms with Crippen molar-refractivity contribution in [1.29, 1.82) is 0 Å². The standard InChI is InChI=1S/C8H10ClF3N4OS/c1-16(18-17-3-2-8(10,11)12)15-7-13-4-6(9)5-14-7/h4-5H,2-3H2,1H3,(H,13,14,15). The van der Waals surface area contributed by atoms with Gasteiger partial charge in [0.1, 0.15) is 12.2 Å². The van der Waals surface area contributed by atoms with Gasteiger partial charge >= 0.3 is 6.18 Å². The Hall–Kier alpha value is -0.770. The van der Waals surface area contributed by atoms with E-state index in [0.717, 1.165) is 12.2 Å². The molecule has 1 N–H and O–H groups in total. The summed E-state index contributed by atoms with van der Waals surface area (Å²) in [5.41, 5.74) is 2.68. The molecule has 0 saturated heterocycles. The Morgan fingerprint density at radius 2 is 2.06 bits per heavy atom. The van der Waals surface area contributed by atoms with Crippen molar-refractivity contribution >= 4 is 29.8 Å². The van der Waals surface area contributed by atoms with E-state index >= 15 is 0 Å². The first-order valence-corrected chi connectivity index (χ1v) is 5.79. The lowest BCUT2D eigenvalue weighted by Crippen LogP contribution is -2.20. The Kier molecular flexibility index (Phi) is 5.93. The predicted octanol–water partition coefficient (Wildman–Crippen LogP) is 2.92. The van der Waals surface area contributed by atoms with E-state index in [1.165, 1.54) is 16.8 Å². The third kappa shape index (κ3) is 6.84. The average Bonchev–Trinajstić information content (AvgIpc) is 2.26. The molecule has 0 aliphatic rings. The summed E-state index contributed by atoms with van der Waals surface area (Å²) in [6, 6.07) is 0. The highest BCUT2D eigenvalue weighted by Crippen LogP contribution is 2.21. The summed E-state index contributed by atoms with van der Waals surface area (Å²) < 4.78 is 41.5. The third-order valence-corrected chi connectivity index (χ3v) is 2.29. The predicted molar refractivity (Wildman–Crippen MR) is 62.6 cm³/mol. The van der Waals surface area contributed by atoms with E-state index in [9.17, 15) is 13.2 Å². The number of hydrogen-bond acceptors (Lipinski definition) is 6. The Bertz CT molecular complexity index is 364. The molecule has 0 atom stereocenters. The van der Waals surface area contributed by atoms with Crippen LogP contribution in [0.25, 0.3) is 0 Å². The first-order valence-electron chi connectivity index (χ1n) is 4.71. The molecule has 0 aliphatic carbocycles. The maximum Gasteiger partial charge on any atom is 0.391 e. The van der Waals surface area contributed by atoms with Gasteiger partial charge < -0.3 is 0 Å². The van der Waals surface area contributed by atoms with Crippen LogP contribution >= 0.6 is 23.8 Å². The molecule has 0 unspecified atom stereocenters. The molecular formula is C8H10ClF3N4OS. The molecule has 0 aromatic carbocycles. The molecule has 0 amide bonds. The first-order chi connectivity index (χ1) is 8.37. The van der Waals surface area contributed by atoms with Crippen LogP contribution in [0.5, 0.6) is 0 Å². The van der Waals surface area contributed by atoms with Crippen molar-refractivity contribution in [2.24, 2.45) is 0 Å². The van der Waals surface area contributed by atoms with Crippen LogP contribution in [0.2, 0.25) is 5.02 Å². The molecule has 5 nitrogen and oxygen atoms in total. The van der Waals surface area contributed by atoms with E-state index in [0.29, 0.717) is 5.02 Å². The van der Waals surface area contributed by atoms with Crippen LogP contribution in [0.1, 0.15) is 6.42 Å². The highest BCUT2D eigenvalue weighted by Gasteiger charge is 2.26. The lowest BCUT2D eigenvalue weighted by Gasteiger charge is -2.15. The van der Waals surface area contributed by atoms with E-state index in [4.69, 9.17) is 15.8 Å². The number of nitrogens with one attached hydrogen (secondary N) is 1. The van der Waals surface area contributed by atoms with E-state index in [-0.39, 0.29) is 5.95 Å². The minimum Gasteiger partial charge on any atom is -0.300 e. The average molecular weight is 303 g/mol. The van der Waals surface area contributed by atoms with Crippen molar-refractivity contribution in [2.45, 2.75) is 12.6 Å². The van der Waals surface area contributed by atoms with Gasteiger partial charge in [-0.05, 0) is 0 Å². The van der Waals surface area contributed by atoms with Gasteiger partial charge in [0, 0.05) is 7.05 Å². The van der Waals surface area contributed by atoms with Crippen LogP contribution in [0.4, 0.5) is 19.1 Å². The normalized spacial score (nSPS) is 11.9. The molecule has 0 fully saturated rings. The second-order valence-electron chi connectivity index (χ2n) is 3.10. The number of alkyl halides is 3. The van der Waals surface area contributed by atoms with Crippen molar-refractivity contribution in [3.63, 3.8) is 0 Å². The number of hydrazine groups is 1. The van der Waals surface area contributed by atoms with Crippen LogP contribution in [0.15, 0.2) is 12.4 Å². The summed E-state index contributed by atoms with van der Waals surface area (Å²) in [6.45, 7) is -0.429. The highest BCUT2D eigenvalue weighted by molar-refractivity contribution is 7.92. The summed E-state index contributed by atoms with van der Waals surface area (Å²) in [5.74, 6) is 0.258. The summed E-state index contributed by atoms with van der Waals surface area (Å²) >= 11 is 6.32. The fourth-order valence-corrected chi connectivity index (χ4v) is 1.34. The molecule has 10 heteroatoms. The fourth-order valence-electron chi connectivity index (χ4n) is 0.803. The first kappa shape index (κ1) is 15.3. The lowest BCUT2D eigenvalue weighted by atomic mass is 10.5. The quantitative estimate of drug-likeness (QED) is 0.377. The number of anilines is 1. The highest BCUT2D eigenvalue weighted by atomic mass is 35.5. The van der Waals surface area contributed by atoms with Crippen LogP contribution in [-0.2, 0) is 4.18 Å². The molecule has 1 aromatic rings. The Morgan fingerprint density at radius 1 is 1.44 bits per heavy atom. The second-order valence-corrected chi connectivity index (χ2v) is 4.46. The molecule has 1 heterocycles. The van der Waals surface area contributed by atoms with E-state index in [1.807, 2.05) is 0 Å². The topological polar surface area (TPSA) is 50.3 Å². The molecule has 0 bridgehead atoms. The third-order valence-electron chi connectivity index (χ3n) is 1.51. The van der Waals surface area contributed by atoms with Gasteiger partial charge in [-0.1, -0.05) is 11.6 Å². The van der Waals surface area contributed by atoms with E-state index in [2.05, 4.69) is 15.4 Å². The monoisotopic (exact) mass is 302 g/mol. The zero-order valence-electron chi connectivity index (χ0n) is 9.24. The molecule has 102 valence electrons. The molecule has 1 aromatic heterocycles. The van der Waals surface area contributed by atoms with Crippen molar-refractivity contribution in [3.05, 3.63) is 17.4 Å². The smallest absolute Gasteiger partial charge is 0.300 e. The van der Waals surface area contributed by atoms with Gasteiger partial charge in [0.15, 0.2) is 0 Å². The molecule has 0 saturated carbocycles. The molecule has 0 radical (unpaired) electrons. The number of halogens is 4. The molecule has 18 heavy (non-hydrogen) atoms. The van der Waals surface area contributed by atoms with E-state index in [1.54, 1.807) is 7.05 Å². The van der Waals surface area contributed by atoms with Gasteiger partial charge in [-0.25, -0.2) is 9.97 Å². The molecule has 0 aliphatic heterocycles. The summed E-state index contributed by atoms with van der Waals surface area (Å²) in [6.07, 6.45) is -2.43. The SMILES string of the molecule is CN(Nc1ncc(Cl)cn1)SOCCC(F)(F)F. The van der Waals surface area contributed by atoms with Crippen molar-refractivity contribution in [3.8, 4) is 0 Å². The van der Waals surface area contributed by atoms with Crippen LogP contribution < -0.4 is 5.43 Å². The minimum atomic E-state index is -4.22. The van der Waals surface area contributed by atoms with Gasteiger partial charge in [-0.2, -0.15) is 13.2 Å². The Morgan fingerprint density at radius 3 is 2.61 bits per heavy atom. The largest absolute Gasteiger partial charge is 0.391 e. The van der Waals surface area contributed by atoms with E-state index < -0.39 is 19.2 Å². The zero-order valence-corrected chi connectivity index (χ0v) is 10.8. The summed E-state index contributed by atoms with van der Waals surface area (Å²) in [4.78, 5) is 7.68. The molecule has 1 rings (SSSR count). The van der Waals surface area contributed by atoms with Crippen LogP contribution in [0, 0.1) is 0 Å². The van der Waals surface area contributed by atoms with Gasteiger partial charge in [0.25, 0.3) is 0 Å². The van der Waals surface area contributed by atoms with Crippen molar-refractivity contribution in [1.82, 2.24) is 14.4 Å². The summed E-state index contributed by atoms with van der Waals surface area (Å²) in [5, 5.41) is 0.386. The number of rotatable bonds is 6. The van der Waals surface area contributed by atoms with Crippen molar-refractivity contribution in [2.75, 3.05) is 19.1 Å². The summed E-state index contributed by atoms with van der Waals surface area (Å²) in [7, 11) is 1.55.